The van der Waals surface area contributed by atoms with Crippen LogP contribution in [0.5, 0.6) is 0 Å². The zero-order chi connectivity index (χ0) is 31.7. The van der Waals surface area contributed by atoms with Gasteiger partial charge in [-0.1, -0.05) is 0 Å². The van der Waals surface area contributed by atoms with Gasteiger partial charge in [-0.05, 0) is 0 Å². The Balaban J connectivity index is 0.000000164. The maximum absolute atomic E-state index is 7.50. The van der Waals surface area contributed by atoms with Crippen molar-refractivity contribution >= 4 is 78.9 Å². The van der Waals surface area contributed by atoms with Gasteiger partial charge in [0.2, 0.25) is 0 Å². The number of halogens is 2. The van der Waals surface area contributed by atoms with E-state index in [0.29, 0.717) is 0 Å². The van der Waals surface area contributed by atoms with Gasteiger partial charge in [-0.25, -0.2) is 0 Å². The first-order valence-corrected chi connectivity index (χ1v) is 34.8. The zero-order valence-electron chi connectivity index (χ0n) is 25.4. The number of rotatable bonds is 7. The van der Waals surface area contributed by atoms with E-state index in [1.54, 1.807) is 0 Å². The van der Waals surface area contributed by atoms with Gasteiger partial charge < -0.3 is 0 Å². The minimum atomic E-state index is -4.17. The maximum atomic E-state index is 7.50. The zero-order valence-corrected chi connectivity index (χ0v) is 33.2. The molecule has 0 aliphatic heterocycles. The van der Waals surface area contributed by atoms with Crippen LogP contribution in [0.2, 0.25) is 0 Å². The van der Waals surface area contributed by atoms with Crippen LogP contribution in [0.15, 0.2) is 212 Å². The second-order valence-electron chi connectivity index (χ2n) is 11.1. The molecule has 7 aromatic rings. The predicted octanol–water partition coefficient (Wildman–Crippen LogP) is 6.80. The molecule has 7 rings (SSSR count). The molecule has 0 fully saturated rings. The molecular weight excluding hydrogens is 860 g/mol. The molecule has 7 aromatic carbocycles. The van der Waals surface area contributed by atoms with Crippen LogP contribution in [0.3, 0.4) is 0 Å². The molecule has 226 valence electrons. The van der Waals surface area contributed by atoms with Crippen LogP contribution in [-0.2, 0) is 0 Å². The Bertz CT molecular complexity index is 1670. The summed E-state index contributed by atoms with van der Waals surface area (Å²) in [4.78, 5) is 0. The van der Waals surface area contributed by atoms with Crippen molar-refractivity contribution in [2.24, 2.45) is 0 Å². The molecule has 46 heavy (non-hydrogen) atoms. The van der Waals surface area contributed by atoms with Crippen molar-refractivity contribution in [2.45, 2.75) is 0 Å². The van der Waals surface area contributed by atoms with Crippen LogP contribution in [0.4, 0.5) is 0 Å². The molecule has 0 nitrogen and oxygen atoms in total. The Morgan fingerprint density at radius 2 is 0.478 bits per heavy atom. The van der Waals surface area contributed by atoms with Crippen molar-refractivity contribution in [3.05, 3.63) is 212 Å². The minimum absolute atomic E-state index is 1.19. The SMILES string of the molecule is [Cl][Sn-]([Br])([c]1ccccc1)([c]1ccccc1)[c]1ccccc1.c1cc[c]([Sb+]([c]2ccccc2)([c]2ccccc2)[c]2ccccc2)cc1. The van der Waals surface area contributed by atoms with Crippen LogP contribution in [0.25, 0.3) is 0 Å². The van der Waals surface area contributed by atoms with Crippen molar-refractivity contribution in [3.8, 4) is 0 Å². The van der Waals surface area contributed by atoms with Crippen molar-refractivity contribution in [3.63, 3.8) is 0 Å². The summed E-state index contributed by atoms with van der Waals surface area (Å²) < 4.78 is 9.48. The van der Waals surface area contributed by atoms with Crippen LogP contribution in [0, 0.1) is 0 Å². The predicted molar refractivity (Wildman–Crippen MR) is 209 cm³/mol. The molecule has 0 atom stereocenters. The van der Waals surface area contributed by atoms with Crippen molar-refractivity contribution in [2.75, 3.05) is 0 Å². The van der Waals surface area contributed by atoms with Crippen molar-refractivity contribution in [1.82, 2.24) is 0 Å². The molecule has 0 spiro atoms. The van der Waals surface area contributed by atoms with Gasteiger partial charge in [0.1, 0.15) is 0 Å². The quantitative estimate of drug-likeness (QED) is 0.155. The summed E-state index contributed by atoms with van der Waals surface area (Å²) in [6, 6.07) is 75.6. The summed E-state index contributed by atoms with van der Waals surface area (Å²) in [6.45, 7) is 0. The van der Waals surface area contributed by atoms with Crippen LogP contribution in [0.1, 0.15) is 0 Å². The topological polar surface area (TPSA) is 0 Å². The van der Waals surface area contributed by atoms with Crippen LogP contribution >= 0.6 is 21.6 Å². The van der Waals surface area contributed by atoms with Crippen LogP contribution in [-0.4, -0.2) is 32.5 Å². The molecule has 0 aromatic heterocycles. The third-order valence-corrected chi connectivity index (χ3v) is 45.8. The molecule has 0 amide bonds. The van der Waals surface area contributed by atoms with Gasteiger partial charge in [-0.2, -0.15) is 0 Å². The average Bonchev–Trinajstić information content (AvgIpc) is 3.15. The molecule has 0 saturated carbocycles. The van der Waals surface area contributed by atoms with Gasteiger partial charge in [0.05, 0.1) is 0 Å². The van der Waals surface area contributed by atoms with Crippen LogP contribution < -0.4 is 24.8 Å². The fourth-order valence-electron chi connectivity index (χ4n) is 6.19. The first-order chi connectivity index (χ1) is 22.5. The van der Waals surface area contributed by atoms with E-state index in [9.17, 15) is 0 Å². The molecule has 0 bridgehead atoms. The van der Waals surface area contributed by atoms with E-state index in [-0.39, 0.29) is 0 Å². The van der Waals surface area contributed by atoms with Gasteiger partial charge in [0.15, 0.2) is 0 Å². The third-order valence-electron chi connectivity index (χ3n) is 8.42. The summed E-state index contributed by atoms with van der Waals surface area (Å²) in [5.74, 6) is 0. The molecule has 0 heterocycles. The Hall–Kier alpha value is -3.07. The molecular formula is C42H35BrClSbSn. The van der Waals surface area contributed by atoms with E-state index in [1.807, 2.05) is 18.2 Å². The van der Waals surface area contributed by atoms with E-state index in [0.717, 1.165) is 0 Å². The summed E-state index contributed by atoms with van der Waals surface area (Å²) in [7, 11) is 7.50. The first-order valence-electron chi connectivity index (χ1n) is 15.4. The normalized spacial score (nSPS) is 12.2. The number of hydrogen-bond acceptors (Lipinski definition) is 0. The fourth-order valence-corrected chi connectivity index (χ4v) is 35.7. The van der Waals surface area contributed by atoms with Crippen molar-refractivity contribution in [1.29, 1.82) is 0 Å². The van der Waals surface area contributed by atoms with E-state index < -0.39 is 32.5 Å². The standard InChI is InChI=1S/7C6H5.BrH.ClH.Sb.Sn/c7*1-2-4-6-5-3-1;;;;/h7*1-5H;2*1H;;/q;;;;;;;;;2*+1/p-2. The van der Waals surface area contributed by atoms with E-state index in [1.165, 1.54) is 24.8 Å². The Morgan fingerprint density at radius 3 is 0.674 bits per heavy atom. The van der Waals surface area contributed by atoms with E-state index in [4.69, 9.17) is 8.92 Å². The summed E-state index contributed by atoms with van der Waals surface area (Å²) in [6.07, 6.45) is 0. The molecule has 0 saturated heterocycles. The first kappa shape index (κ1) is 32.9. The average molecular weight is 896 g/mol. The second-order valence-corrected chi connectivity index (χ2v) is 50.3. The van der Waals surface area contributed by atoms with Gasteiger partial charge in [0, 0.05) is 0 Å². The third kappa shape index (κ3) is 6.41. The Morgan fingerprint density at radius 1 is 0.304 bits per heavy atom. The molecule has 0 N–H and O–H groups in total. The molecule has 0 radical (unpaired) electrons. The fraction of sp³-hybridized carbons (Fsp3) is 0. The Labute approximate surface area is 288 Å². The second kappa shape index (κ2) is 14.8. The molecule has 0 aliphatic rings. The van der Waals surface area contributed by atoms with Gasteiger partial charge in [-0.3, -0.25) is 0 Å². The van der Waals surface area contributed by atoms with Gasteiger partial charge >= 0.3 is 291 Å². The number of benzene rings is 7. The summed E-state index contributed by atoms with van der Waals surface area (Å²) >= 11 is -3.25. The van der Waals surface area contributed by atoms with Gasteiger partial charge in [0.25, 0.3) is 0 Å². The monoisotopic (exact) mass is 894 g/mol. The number of hydrogen-bond donors (Lipinski definition) is 0. The van der Waals surface area contributed by atoms with Gasteiger partial charge in [-0.15, -0.1) is 0 Å². The van der Waals surface area contributed by atoms with E-state index in [2.05, 4.69) is 207 Å². The summed E-state index contributed by atoms with van der Waals surface area (Å²) in [5.41, 5.74) is 0. The van der Waals surface area contributed by atoms with Crippen molar-refractivity contribution < 1.29 is 0 Å². The summed E-state index contributed by atoms with van der Waals surface area (Å²) in [5, 5.41) is 0. The molecule has 4 heteroatoms. The Kier molecular flexibility index (Phi) is 10.6. The molecule has 0 aliphatic carbocycles. The molecule has 0 unspecified atom stereocenters. The van der Waals surface area contributed by atoms with E-state index >= 15 is 0 Å².